The van der Waals surface area contributed by atoms with Gasteiger partial charge < -0.3 is 5.32 Å². The van der Waals surface area contributed by atoms with Crippen LogP contribution in [0.15, 0.2) is 0 Å². The van der Waals surface area contributed by atoms with Crippen LogP contribution < -0.4 is 5.32 Å². The topological polar surface area (TPSA) is 12.0 Å². The molecule has 0 heterocycles. The van der Waals surface area contributed by atoms with Gasteiger partial charge in [0, 0.05) is 11.9 Å². The fourth-order valence-corrected chi connectivity index (χ4v) is 1.34. The minimum atomic E-state index is 0.609. The molecule has 1 atom stereocenters. The summed E-state index contributed by atoms with van der Waals surface area (Å²) in [6.07, 6.45) is 2.31. The van der Waals surface area contributed by atoms with Gasteiger partial charge in [-0.25, -0.2) is 0 Å². The first-order chi connectivity index (χ1) is 4.70. The molecule has 0 aliphatic rings. The SMILES string of the molecule is CNC(CCCl)CC(C)C. The number of hydrogen-bond acceptors (Lipinski definition) is 1. The molecular formula is C8H18ClN. The van der Waals surface area contributed by atoms with Gasteiger partial charge in [-0.2, -0.15) is 0 Å². The van der Waals surface area contributed by atoms with Crippen molar-refractivity contribution in [3.05, 3.63) is 0 Å². The zero-order valence-corrected chi connectivity index (χ0v) is 7.91. The smallest absolute Gasteiger partial charge is 0.0238 e. The van der Waals surface area contributed by atoms with Gasteiger partial charge in [-0.15, -0.1) is 11.6 Å². The summed E-state index contributed by atoms with van der Waals surface area (Å²) in [6.45, 7) is 4.47. The van der Waals surface area contributed by atoms with Gasteiger partial charge in [-0.05, 0) is 25.8 Å². The summed E-state index contributed by atoms with van der Waals surface area (Å²) < 4.78 is 0. The van der Waals surface area contributed by atoms with Crippen LogP contribution in [0.25, 0.3) is 0 Å². The predicted molar refractivity (Wildman–Crippen MR) is 47.6 cm³/mol. The molecule has 0 bridgehead atoms. The summed E-state index contributed by atoms with van der Waals surface area (Å²) in [7, 11) is 2.00. The molecule has 0 fully saturated rings. The number of rotatable bonds is 5. The molecular weight excluding hydrogens is 146 g/mol. The maximum atomic E-state index is 5.62. The van der Waals surface area contributed by atoms with E-state index in [0.717, 1.165) is 18.2 Å². The Labute approximate surface area is 69.1 Å². The normalized spacial score (nSPS) is 14.1. The third-order valence-corrected chi connectivity index (χ3v) is 1.84. The number of nitrogens with one attached hydrogen (secondary N) is 1. The molecule has 0 aromatic rings. The van der Waals surface area contributed by atoms with Crippen molar-refractivity contribution in [1.82, 2.24) is 5.32 Å². The third kappa shape index (κ3) is 5.07. The first-order valence-electron chi connectivity index (χ1n) is 3.94. The number of hydrogen-bond donors (Lipinski definition) is 1. The van der Waals surface area contributed by atoms with E-state index in [9.17, 15) is 0 Å². The molecule has 62 valence electrons. The molecule has 1 N–H and O–H groups in total. The van der Waals surface area contributed by atoms with Crippen LogP contribution in [0.5, 0.6) is 0 Å². The summed E-state index contributed by atoms with van der Waals surface area (Å²) in [5.41, 5.74) is 0. The second-order valence-corrected chi connectivity index (χ2v) is 3.47. The highest BCUT2D eigenvalue weighted by Gasteiger charge is 2.06. The van der Waals surface area contributed by atoms with Gasteiger partial charge in [0.2, 0.25) is 0 Å². The van der Waals surface area contributed by atoms with Crippen LogP contribution in [0.2, 0.25) is 0 Å². The van der Waals surface area contributed by atoms with E-state index in [1.54, 1.807) is 0 Å². The van der Waals surface area contributed by atoms with Crippen LogP contribution in [0, 0.1) is 5.92 Å². The standard InChI is InChI=1S/C8H18ClN/c1-7(2)6-8(10-3)4-5-9/h7-8,10H,4-6H2,1-3H3. The van der Waals surface area contributed by atoms with E-state index in [2.05, 4.69) is 19.2 Å². The Morgan fingerprint density at radius 2 is 2.00 bits per heavy atom. The molecule has 0 aromatic heterocycles. The molecule has 2 heteroatoms. The van der Waals surface area contributed by atoms with Crippen molar-refractivity contribution in [2.75, 3.05) is 12.9 Å². The maximum absolute atomic E-state index is 5.62. The molecule has 0 amide bonds. The van der Waals surface area contributed by atoms with Crippen molar-refractivity contribution < 1.29 is 0 Å². The number of alkyl halides is 1. The largest absolute Gasteiger partial charge is 0.317 e. The molecule has 0 saturated carbocycles. The summed E-state index contributed by atoms with van der Waals surface area (Å²) >= 11 is 5.62. The molecule has 0 spiro atoms. The number of halogens is 1. The van der Waals surface area contributed by atoms with Crippen molar-refractivity contribution in [2.24, 2.45) is 5.92 Å². The summed E-state index contributed by atoms with van der Waals surface area (Å²) in [5.74, 6) is 1.53. The highest BCUT2D eigenvalue weighted by molar-refractivity contribution is 6.17. The Balaban J connectivity index is 3.39. The molecule has 1 unspecified atom stereocenters. The van der Waals surface area contributed by atoms with E-state index in [0.29, 0.717) is 6.04 Å². The molecule has 0 aromatic carbocycles. The summed E-state index contributed by atoms with van der Waals surface area (Å²) in [4.78, 5) is 0. The van der Waals surface area contributed by atoms with E-state index in [4.69, 9.17) is 11.6 Å². The second-order valence-electron chi connectivity index (χ2n) is 3.09. The summed E-state index contributed by atoms with van der Waals surface area (Å²) in [6, 6.07) is 0.609. The van der Waals surface area contributed by atoms with Crippen molar-refractivity contribution in [2.45, 2.75) is 32.7 Å². The Bertz CT molecular complexity index is 73.7. The van der Waals surface area contributed by atoms with Crippen molar-refractivity contribution in [3.63, 3.8) is 0 Å². The lowest BCUT2D eigenvalue weighted by Crippen LogP contribution is -2.27. The van der Waals surface area contributed by atoms with Gasteiger partial charge in [0.15, 0.2) is 0 Å². The Hall–Kier alpha value is 0.250. The molecule has 10 heavy (non-hydrogen) atoms. The quantitative estimate of drug-likeness (QED) is 0.614. The Morgan fingerprint density at radius 1 is 1.40 bits per heavy atom. The van der Waals surface area contributed by atoms with Crippen molar-refractivity contribution in [3.8, 4) is 0 Å². The lowest BCUT2D eigenvalue weighted by Gasteiger charge is -2.16. The Kier molecular flexibility index (Phi) is 6.14. The molecule has 0 aliphatic carbocycles. The van der Waals surface area contributed by atoms with E-state index in [1.165, 1.54) is 6.42 Å². The molecule has 0 radical (unpaired) electrons. The minimum absolute atomic E-state index is 0.609. The van der Waals surface area contributed by atoms with Gasteiger partial charge in [0.25, 0.3) is 0 Å². The zero-order chi connectivity index (χ0) is 7.98. The highest BCUT2D eigenvalue weighted by atomic mass is 35.5. The first kappa shape index (κ1) is 10.2. The highest BCUT2D eigenvalue weighted by Crippen LogP contribution is 2.07. The van der Waals surface area contributed by atoms with Crippen LogP contribution in [0.1, 0.15) is 26.7 Å². The lowest BCUT2D eigenvalue weighted by atomic mass is 10.0. The maximum Gasteiger partial charge on any atom is 0.0238 e. The fraction of sp³-hybridized carbons (Fsp3) is 1.00. The minimum Gasteiger partial charge on any atom is -0.317 e. The predicted octanol–water partition coefficient (Wildman–Crippen LogP) is 2.25. The van der Waals surface area contributed by atoms with E-state index >= 15 is 0 Å². The second kappa shape index (κ2) is 5.99. The lowest BCUT2D eigenvalue weighted by molar-refractivity contribution is 0.435. The Morgan fingerprint density at radius 3 is 2.30 bits per heavy atom. The fourth-order valence-electron chi connectivity index (χ4n) is 1.08. The van der Waals surface area contributed by atoms with Crippen molar-refractivity contribution >= 4 is 11.6 Å². The van der Waals surface area contributed by atoms with E-state index in [-0.39, 0.29) is 0 Å². The van der Waals surface area contributed by atoms with E-state index in [1.807, 2.05) is 7.05 Å². The van der Waals surface area contributed by atoms with Crippen LogP contribution >= 0.6 is 11.6 Å². The summed E-state index contributed by atoms with van der Waals surface area (Å²) in [5, 5.41) is 3.25. The van der Waals surface area contributed by atoms with Crippen LogP contribution in [0.4, 0.5) is 0 Å². The zero-order valence-electron chi connectivity index (χ0n) is 7.15. The van der Waals surface area contributed by atoms with Crippen LogP contribution in [0.3, 0.4) is 0 Å². The monoisotopic (exact) mass is 163 g/mol. The van der Waals surface area contributed by atoms with Crippen LogP contribution in [-0.4, -0.2) is 19.0 Å². The average molecular weight is 164 g/mol. The molecule has 0 aliphatic heterocycles. The van der Waals surface area contributed by atoms with Gasteiger partial charge in [-0.1, -0.05) is 13.8 Å². The van der Waals surface area contributed by atoms with E-state index < -0.39 is 0 Å². The van der Waals surface area contributed by atoms with Crippen molar-refractivity contribution in [1.29, 1.82) is 0 Å². The van der Waals surface area contributed by atoms with Crippen LogP contribution in [-0.2, 0) is 0 Å². The average Bonchev–Trinajstić information content (AvgIpc) is 1.86. The van der Waals surface area contributed by atoms with Gasteiger partial charge in [-0.3, -0.25) is 0 Å². The van der Waals surface area contributed by atoms with Gasteiger partial charge in [0.05, 0.1) is 0 Å². The van der Waals surface area contributed by atoms with Gasteiger partial charge in [0.1, 0.15) is 0 Å². The third-order valence-electron chi connectivity index (χ3n) is 1.62. The molecule has 0 rings (SSSR count). The first-order valence-corrected chi connectivity index (χ1v) is 4.47. The molecule has 1 nitrogen and oxygen atoms in total. The van der Waals surface area contributed by atoms with Gasteiger partial charge >= 0.3 is 0 Å². The molecule has 0 saturated heterocycles.